The lowest BCUT2D eigenvalue weighted by Gasteiger charge is -2.21. The maximum Gasteiger partial charge on any atom is 0.253 e. The zero-order valence-electron chi connectivity index (χ0n) is 12.2. The van der Waals surface area contributed by atoms with Gasteiger partial charge in [-0.05, 0) is 31.4 Å². The Kier molecular flexibility index (Phi) is 4.59. The molecule has 5 nitrogen and oxygen atoms in total. The quantitative estimate of drug-likeness (QED) is 0.812. The van der Waals surface area contributed by atoms with Crippen LogP contribution in [0.5, 0.6) is 0 Å². The minimum absolute atomic E-state index is 0.250. The summed E-state index contributed by atoms with van der Waals surface area (Å²) in [6.07, 6.45) is 3.36. The predicted octanol–water partition coefficient (Wildman–Crippen LogP) is 3.87. The fourth-order valence-corrected chi connectivity index (χ4v) is 6.01. The van der Waals surface area contributed by atoms with Gasteiger partial charge in [0, 0.05) is 19.0 Å². The minimum atomic E-state index is -3.53. The molecule has 3 rings (SSSR count). The number of halogens is 1. The van der Waals surface area contributed by atoms with Crippen molar-refractivity contribution < 1.29 is 12.9 Å². The lowest BCUT2D eigenvalue weighted by atomic mass is 10.1. The number of hydrogen-bond acceptors (Lipinski definition) is 5. The van der Waals surface area contributed by atoms with Gasteiger partial charge in [-0.3, -0.25) is 0 Å². The van der Waals surface area contributed by atoms with Crippen LogP contribution in [0, 0.1) is 0 Å². The smallest absolute Gasteiger partial charge is 0.253 e. The lowest BCUT2D eigenvalue weighted by Crippen LogP contribution is -2.30. The monoisotopic (exact) mass is 360 g/mol. The third-order valence-electron chi connectivity index (χ3n) is 3.73. The van der Waals surface area contributed by atoms with Gasteiger partial charge in [0.25, 0.3) is 10.0 Å². The SMILES string of the molecule is CCCc1cc([C@@H]2CCCN2S(=O)(=O)c2ccc(Cl)s2)no1. The molecule has 1 saturated heterocycles. The van der Waals surface area contributed by atoms with Crippen molar-refractivity contribution in [2.24, 2.45) is 0 Å². The van der Waals surface area contributed by atoms with Gasteiger partial charge in [-0.15, -0.1) is 11.3 Å². The molecule has 1 aliphatic heterocycles. The average molecular weight is 361 g/mol. The van der Waals surface area contributed by atoms with Crippen molar-refractivity contribution in [1.82, 2.24) is 9.46 Å². The molecule has 0 unspecified atom stereocenters. The second-order valence-electron chi connectivity index (χ2n) is 5.30. The fraction of sp³-hybridized carbons (Fsp3) is 0.500. The van der Waals surface area contributed by atoms with Gasteiger partial charge in [-0.25, -0.2) is 8.42 Å². The number of hydrogen-bond donors (Lipinski definition) is 0. The van der Waals surface area contributed by atoms with E-state index in [0.29, 0.717) is 16.6 Å². The molecule has 2 aromatic rings. The van der Waals surface area contributed by atoms with E-state index in [-0.39, 0.29) is 10.3 Å². The van der Waals surface area contributed by atoms with Crippen LogP contribution in [0.4, 0.5) is 0 Å². The molecule has 0 aromatic carbocycles. The van der Waals surface area contributed by atoms with Gasteiger partial charge in [0.05, 0.1) is 10.4 Å². The molecule has 0 aliphatic carbocycles. The van der Waals surface area contributed by atoms with Gasteiger partial charge in [0.1, 0.15) is 15.7 Å². The van der Waals surface area contributed by atoms with Gasteiger partial charge >= 0.3 is 0 Å². The van der Waals surface area contributed by atoms with E-state index in [1.807, 2.05) is 6.07 Å². The third-order valence-corrected chi connectivity index (χ3v) is 7.34. The van der Waals surface area contributed by atoms with E-state index in [1.165, 1.54) is 4.31 Å². The zero-order valence-corrected chi connectivity index (χ0v) is 14.5. The Bertz CT molecular complexity index is 754. The summed E-state index contributed by atoms with van der Waals surface area (Å²) in [6.45, 7) is 2.56. The number of thiophene rings is 1. The highest BCUT2D eigenvalue weighted by Crippen LogP contribution is 2.38. The van der Waals surface area contributed by atoms with E-state index >= 15 is 0 Å². The molecule has 8 heteroatoms. The van der Waals surface area contributed by atoms with Crippen LogP contribution in [0.2, 0.25) is 4.34 Å². The van der Waals surface area contributed by atoms with Crippen molar-refractivity contribution in [3.63, 3.8) is 0 Å². The Balaban J connectivity index is 1.89. The number of nitrogens with zero attached hydrogens (tertiary/aromatic N) is 2. The highest BCUT2D eigenvalue weighted by molar-refractivity contribution is 7.91. The van der Waals surface area contributed by atoms with E-state index in [1.54, 1.807) is 12.1 Å². The second-order valence-corrected chi connectivity index (χ2v) is 9.13. The maximum atomic E-state index is 12.8. The first-order valence-electron chi connectivity index (χ1n) is 7.25. The van der Waals surface area contributed by atoms with Crippen LogP contribution in [0.25, 0.3) is 0 Å². The summed E-state index contributed by atoms with van der Waals surface area (Å²) in [6, 6.07) is 4.80. The summed E-state index contributed by atoms with van der Waals surface area (Å²) in [7, 11) is -3.53. The predicted molar refractivity (Wildman–Crippen MR) is 85.7 cm³/mol. The van der Waals surface area contributed by atoms with Gasteiger partial charge in [-0.1, -0.05) is 23.7 Å². The average Bonchev–Trinajstić information content (AvgIpc) is 3.17. The van der Waals surface area contributed by atoms with E-state index in [2.05, 4.69) is 12.1 Å². The Morgan fingerprint density at radius 2 is 2.32 bits per heavy atom. The second kappa shape index (κ2) is 6.31. The van der Waals surface area contributed by atoms with Crippen LogP contribution in [-0.4, -0.2) is 24.4 Å². The molecule has 3 heterocycles. The van der Waals surface area contributed by atoms with Crippen LogP contribution in [0.1, 0.15) is 43.7 Å². The molecule has 1 aliphatic rings. The maximum absolute atomic E-state index is 12.8. The summed E-state index contributed by atoms with van der Waals surface area (Å²) >= 11 is 6.96. The molecule has 0 bridgehead atoms. The molecular formula is C14H17ClN2O3S2. The molecule has 0 amide bonds. The van der Waals surface area contributed by atoms with Gasteiger partial charge in [0.2, 0.25) is 0 Å². The molecule has 1 atom stereocenters. The van der Waals surface area contributed by atoms with Crippen LogP contribution in [0.3, 0.4) is 0 Å². The third kappa shape index (κ3) is 2.95. The summed E-state index contributed by atoms with van der Waals surface area (Å²) < 4.78 is 33.1. The largest absolute Gasteiger partial charge is 0.361 e. The molecule has 1 fully saturated rings. The van der Waals surface area contributed by atoms with Gasteiger partial charge in [-0.2, -0.15) is 4.31 Å². The van der Waals surface area contributed by atoms with Crippen molar-refractivity contribution in [1.29, 1.82) is 0 Å². The van der Waals surface area contributed by atoms with Gasteiger partial charge in [0.15, 0.2) is 0 Å². The summed E-state index contributed by atoms with van der Waals surface area (Å²) in [5.41, 5.74) is 0.701. The molecular weight excluding hydrogens is 344 g/mol. The molecule has 0 N–H and O–H groups in total. The molecule has 0 radical (unpaired) electrons. The van der Waals surface area contributed by atoms with E-state index in [9.17, 15) is 8.42 Å². The van der Waals surface area contributed by atoms with Crippen molar-refractivity contribution in [2.45, 2.75) is 42.9 Å². The molecule has 0 spiro atoms. The first-order chi connectivity index (χ1) is 10.5. The van der Waals surface area contributed by atoms with Crippen molar-refractivity contribution in [3.8, 4) is 0 Å². The topological polar surface area (TPSA) is 63.4 Å². The van der Waals surface area contributed by atoms with Crippen molar-refractivity contribution in [2.75, 3.05) is 6.54 Å². The first-order valence-corrected chi connectivity index (χ1v) is 9.88. The summed E-state index contributed by atoms with van der Waals surface area (Å²) in [5.74, 6) is 0.806. The first kappa shape index (κ1) is 16.0. The van der Waals surface area contributed by atoms with E-state index < -0.39 is 10.0 Å². The number of sulfonamides is 1. The Hall–Kier alpha value is -0.890. The molecule has 120 valence electrons. The molecule has 0 saturated carbocycles. The summed E-state index contributed by atoms with van der Waals surface area (Å²) in [5, 5.41) is 4.08. The lowest BCUT2D eigenvalue weighted by molar-refractivity contribution is 0.344. The van der Waals surface area contributed by atoms with E-state index in [4.69, 9.17) is 16.1 Å². The fourth-order valence-electron chi connectivity index (χ4n) is 2.73. The standard InChI is InChI=1S/C14H17ClN2O3S2/c1-2-4-10-9-11(16-20-10)12-5-3-8-17(12)22(18,19)14-7-6-13(15)21-14/h6-7,9,12H,2-5,8H2,1H3/t12-/m0/s1. The van der Waals surface area contributed by atoms with Crippen LogP contribution >= 0.6 is 22.9 Å². The number of rotatable bonds is 5. The highest BCUT2D eigenvalue weighted by Gasteiger charge is 2.38. The van der Waals surface area contributed by atoms with Crippen LogP contribution in [0.15, 0.2) is 26.9 Å². The van der Waals surface area contributed by atoms with Crippen molar-refractivity contribution >= 4 is 33.0 Å². The number of aryl methyl sites for hydroxylation is 1. The van der Waals surface area contributed by atoms with Crippen molar-refractivity contribution in [3.05, 3.63) is 34.0 Å². The Morgan fingerprint density at radius 1 is 1.50 bits per heavy atom. The Labute approximate surface area is 138 Å². The molecule has 2 aromatic heterocycles. The van der Waals surface area contributed by atoms with E-state index in [0.717, 1.165) is 42.8 Å². The van der Waals surface area contributed by atoms with Crippen LogP contribution in [-0.2, 0) is 16.4 Å². The van der Waals surface area contributed by atoms with Gasteiger partial charge < -0.3 is 4.52 Å². The summed E-state index contributed by atoms with van der Waals surface area (Å²) in [4.78, 5) is 0. The normalized spacial score (nSPS) is 19.8. The van der Waals surface area contributed by atoms with Crippen LogP contribution < -0.4 is 0 Å². The highest BCUT2D eigenvalue weighted by atomic mass is 35.5. The number of aromatic nitrogens is 1. The molecule has 22 heavy (non-hydrogen) atoms. The zero-order chi connectivity index (χ0) is 15.7. The minimum Gasteiger partial charge on any atom is -0.361 e. The Morgan fingerprint density at radius 3 is 3.00 bits per heavy atom.